The third kappa shape index (κ3) is 4.59. The van der Waals surface area contributed by atoms with Gasteiger partial charge < -0.3 is 4.90 Å². The van der Waals surface area contributed by atoms with E-state index in [1.807, 2.05) is 18.2 Å². The molecule has 1 aliphatic rings. The molecule has 0 aliphatic carbocycles. The van der Waals surface area contributed by atoms with Crippen LogP contribution < -0.4 is 4.90 Å². The normalized spacial score (nSPS) is 15.0. The predicted molar refractivity (Wildman–Crippen MR) is 130 cm³/mol. The Kier molecular flexibility index (Phi) is 5.90. The molecule has 1 fully saturated rings. The van der Waals surface area contributed by atoms with Crippen molar-refractivity contribution in [1.82, 2.24) is 14.9 Å². The average Bonchev–Trinajstić information content (AvgIpc) is 3.16. The number of benzene rings is 2. The molecule has 0 amide bonds. The van der Waals surface area contributed by atoms with Gasteiger partial charge in [-0.05, 0) is 30.2 Å². The van der Waals surface area contributed by atoms with Crippen LogP contribution in [-0.2, 0) is 13.0 Å². The van der Waals surface area contributed by atoms with E-state index in [-0.39, 0.29) is 0 Å². The van der Waals surface area contributed by atoms with Gasteiger partial charge in [0.2, 0.25) is 0 Å². The molecule has 0 unspecified atom stereocenters. The van der Waals surface area contributed by atoms with Crippen molar-refractivity contribution in [2.45, 2.75) is 19.9 Å². The molecular weight excluding hydrogens is 424 g/mol. The number of anilines is 1. The second-order valence-electron chi connectivity index (χ2n) is 8.06. The number of nitrogens with zero attached hydrogens (tertiary/aromatic N) is 4. The fourth-order valence-corrected chi connectivity index (χ4v) is 5.24. The first-order valence-electron chi connectivity index (χ1n) is 10.7. The fraction of sp³-hybridized carbons (Fsp3) is 0.280. The number of halogens is 1. The van der Waals surface area contributed by atoms with E-state index in [0.29, 0.717) is 0 Å². The zero-order valence-electron chi connectivity index (χ0n) is 17.6. The number of piperazine rings is 1. The highest BCUT2D eigenvalue weighted by atomic mass is 35.5. The average molecular weight is 449 g/mol. The van der Waals surface area contributed by atoms with E-state index in [1.54, 1.807) is 11.3 Å². The molecule has 0 atom stereocenters. The summed E-state index contributed by atoms with van der Waals surface area (Å²) < 4.78 is 0. The maximum Gasteiger partial charge on any atom is 0.141 e. The molecular formula is C25H25ClN4S. The Balaban J connectivity index is 1.36. The number of fused-ring (bicyclic) bond motifs is 1. The molecule has 2 aromatic carbocycles. The van der Waals surface area contributed by atoms with E-state index in [0.717, 1.165) is 60.6 Å². The maximum atomic E-state index is 6.37. The molecule has 4 nitrogen and oxygen atoms in total. The summed E-state index contributed by atoms with van der Waals surface area (Å²) in [6.07, 6.45) is 0.757. The third-order valence-corrected chi connectivity index (χ3v) is 7.08. The van der Waals surface area contributed by atoms with Crippen LogP contribution in [0.15, 0.2) is 60.7 Å². The van der Waals surface area contributed by atoms with Gasteiger partial charge in [-0.15, -0.1) is 11.3 Å². The van der Waals surface area contributed by atoms with Crippen molar-refractivity contribution < 1.29 is 0 Å². The number of thiophene rings is 1. The second kappa shape index (κ2) is 8.95. The number of aryl methyl sites for hydroxylation is 1. The molecule has 0 bridgehead atoms. The van der Waals surface area contributed by atoms with Gasteiger partial charge in [-0.1, -0.05) is 60.1 Å². The summed E-state index contributed by atoms with van der Waals surface area (Å²) in [5.74, 6) is 1.98. The summed E-state index contributed by atoms with van der Waals surface area (Å²) in [6.45, 7) is 6.94. The van der Waals surface area contributed by atoms with Crippen LogP contribution in [0.25, 0.3) is 10.2 Å². The minimum absolute atomic E-state index is 0.757. The van der Waals surface area contributed by atoms with Gasteiger partial charge in [0, 0.05) is 49.0 Å². The first-order valence-corrected chi connectivity index (χ1v) is 11.9. The van der Waals surface area contributed by atoms with Gasteiger partial charge in [-0.25, -0.2) is 9.97 Å². The summed E-state index contributed by atoms with van der Waals surface area (Å²) in [7, 11) is 0. The van der Waals surface area contributed by atoms with Gasteiger partial charge in [0.1, 0.15) is 16.5 Å². The van der Waals surface area contributed by atoms with Crippen LogP contribution in [-0.4, -0.2) is 41.0 Å². The smallest absolute Gasteiger partial charge is 0.141 e. The minimum Gasteiger partial charge on any atom is -0.353 e. The Hall–Kier alpha value is -2.47. The topological polar surface area (TPSA) is 32.3 Å². The minimum atomic E-state index is 0.757. The standard InChI is InChI=1S/C25H25ClN4S/c1-18-15-21-24(27-23(28-25(21)31-18)16-19-7-3-2-4-8-19)30-13-11-29(12-14-30)17-20-9-5-6-10-22(20)26/h2-10,15H,11-14,16-17H2,1H3. The van der Waals surface area contributed by atoms with Gasteiger partial charge in [0.05, 0.1) is 5.39 Å². The molecule has 0 spiro atoms. The highest BCUT2D eigenvalue weighted by Gasteiger charge is 2.22. The number of rotatable bonds is 5. The van der Waals surface area contributed by atoms with Gasteiger partial charge in [0.15, 0.2) is 0 Å². The maximum absolute atomic E-state index is 6.37. The van der Waals surface area contributed by atoms with E-state index >= 15 is 0 Å². The lowest BCUT2D eigenvalue weighted by atomic mass is 10.1. The Morgan fingerprint density at radius 2 is 1.68 bits per heavy atom. The van der Waals surface area contributed by atoms with Gasteiger partial charge >= 0.3 is 0 Å². The molecule has 4 aromatic rings. The van der Waals surface area contributed by atoms with Crippen molar-refractivity contribution in [3.63, 3.8) is 0 Å². The Bertz CT molecular complexity index is 1180. The SMILES string of the molecule is Cc1cc2c(N3CCN(Cc4ccccc4Cl)CC3)nc(Cc3ccccc3)nc2s1. The predicted octanol–water partition coefficient (Wildman–Crippen LogP) is 5.57. The Morgan fingerprint density at radius 1 is 0.935 bits per heavy atom. The highest BCUT2D eigenvalue weighted by molar-refractivity contribution is 7.18. The van der Waals surface area contributed by atoms with Crippen molar-refractivity contribution >= 4 is 39.0 Å². The molecule has 3 heterocycles. The summed E-state index contributed by atoms with van der Waals surface area (Å²) in [6, 6.07) is 20.8. The number of hydrogen-bond donors (Lipinski definition) is 0. The molecule has 1 aliphatic heterocycles. The van der Waals surface area contributed by atoms with Crippen molar-refractivity contribution in [3.8, 4) is 0 Å². The van der Waals surface area contributed by atoms with Crippen LogP contribution in [0.5, 0.6) is 0 Å². The monoisotopic (exact) mass is 448 g/mol. The third-order valence-electron chi connectivity index (χ3n) is 5.77. The van der Waals surface area contributed by atoms with Crippen molar-refractivity contribution in [2.24, 2.45) is 0 Å². The lowest BCUT2D eigenvalue weighted by Gasteiger charge is -2.36. The lowest BCUT2D eigenvalue weighted by Crippen LogP contribution is -2.46. The van der Waals surface area contributed by atoms with E-state index in [2.05, 4.69) is 59.2 Å². The van der Waals surface area contributed by atoms with Crippen molar-refractivity contribution in [2.75, 3.05) is 31.1 Å². The zero-order valence-corrected chi connectivity index (χ0v) is 19.2. The largest absolute Gasteiger partial charge is 0.353 e. The number of aromatic nitrogens is 2. The molecule has 5 rings (SSSR count). The number of hydrogen-bond acceptors (Lipinski definition) is 5. The van der Waals surface area contributed by atoms with Gasteiger partial charge in [0.25, 0.3) is 0 Å². The van der Waals surface area contributed by atoms with E-state index in [4.69, 9.17) is 21.6 Å². The van der Waals surface area contributed by atoms with E-state index in [1.165, 1.54) is 21.4 Å². The molecule has 0 N–H and O–H groups in total. The molecule has 0 saturated carbocycles. The fourth-order valence-electron chi connectivity index (χ4n) is 4.15. The lowest BCUT2D eigenvalue weighted by molar-refractivity contribution is 0.249. The van der Waals surface area contributed by atoms with Crippen LogP contribution in [0, 0.1) is 6.92 Å². The molecule has 2 aromatic heterocycles. The summed E-state index contributed by atoms with van der Waals surface area (Å²) in [4.78, 5) is 17.2. The highest BCUT2D eigenvalue weighted by Crippen LogP contribution is 2.32. The quantitative estimate of drug-likeness (QED) is 0.399. The molecule has 0 radical (unpaired) electrons. The van der Waals surface area contributed by atoms with Gasteiger partial charge in [-0.3, -0.25) is 4.90 Å². The van der Waals surface area contributed by atoms with Crippen LogP contribution in [0.3, 0.4) is 0 Å². The van der Waals surface area contributed by atoms with Crippen LogP contribution in [0.2, 0.25) is 5.02 Å². The zero-order chi connectivity index (χ0) is 21.2. The molecule has 1 saturated heterocycles. The Labute approximate surface area is 192 Å². The summed E-state index contributed by atoms with van der Waals surface area (Å²) in [5, 5.41) is 2.03. The van der Waals surface area contributed by atoms with E-state index in [9.17, 15) is 0 Å². The van der Waals surface area contributed by atoms with Crippen LogP contribution >= 0.6 is 22.9 Å². The summed E-state index contributed by atoms with van der Waals surface area (Å²) >= 11 is 8.12. The van der Waals surface area contributed by atoms with Crippen molar-refractivity contribution in [3.05, 3.63) is 87.5 Å². The van der Waals surface area contributed by atoms with Gasteiger partial charge in [-0.2, -0.15) is 0 Å². The second-order valence-corrected chi connectivity index (χ2v) is 9.70. The first kappa shape index (κ1) is 20.4. The summed E-state index contributed by atoms with van der Waals surface area (Å²) in [5.41, 5.74) is 2.44. The van der Waals surface area contributed by atoms with E-state index < -0.39 is 0 Å². The molecule has 6 heteroatoms. The van der Waals surface area contributed by atoms with Crippen LogP contribution in [0.1, 0.15) is 21.8 Å². The molecule has 158 valence electrons. The van der Waals surface area contributed by atoms with Crippen LogP contribution in [0.4, 0.5) is 5.82 Å². The Morgan fingerprint density at radius 3 is 2.45 bits per heavy atom. The first-order chi connectivity index (χ1) is 15.2. The van der Waals surface area contributed by atoms with Crippen molar-refractivity contribution in [1.29, 1.82) is 0 Å². The molecule has 31 heavy (non-hydrogen) atoms.